The van der Waals surface area contributed by atoms with E-state index < -0.39 is 0 Å². The molecule has 2 unspecified atom stereocenters. The number of hydrogen-bond acceptors (Lipinski definition) is 3. The number of likely N-dealkylation sites (tertiary alicyclic amines) is 1. The van der Waals surface area contributed by atoms with Crippen molar-refractivity contribution in [1.82, 2.24) is 10.2 Å². The molecule has 0 radical (unpaired) electrons. The summed E-state index contributed by atoms with van der Waals surface area (Å²) in [5.74, 6) is 0.102. The molecule has 1 aliphatic rings. The highest BCUT2D eigenvalue weighted by Crippen LogP contribution is 2.24. The fraction of sp³-hybridized carbons (Fsp3) is 0.588. The smallest absolute Gasteiger partial charge is 0.222 e. The molecule has 21 heavy (non-hydrogen) atoms. The Morgan fingerprint density at radius 3 is 2.57 bits per heavy atom. The summed E-state index contributed by atoms with van der Waals surface area (Å²) < 4.78 is 0. The fourth-order valence-electron chi connectivity index (χ4n) is 2.94. The lowest BCUT2D eigenvalue weighted by Gasteiger charge is -2.28. The molecule has 1 saturated heterocycles. The van der Waals surface area contributed by atoms with Crippen molar-refractivity contribution in [3.8, 4) is 0 Å². The molecule has 0 saturated carbocycles. The zero-order valence-corrected chi connectivity index (χ0v) is 12.9. The maximum Gasteiger partial charge on any atom is 0.222 e. The number of benzene rings is 1. The summed E-state index contributed by atoms with van der Waals surface area (Å²) in [6.07, 6.45) is 3.24. The largest absolute Gasteiger partial charge is 0.354 e. The molecular weight excluding hydrogens is 262 g/mol. The number of nitrogens with one attached hydrogen (secondary N) is 1. The number of amides is 1. The topological polar surface area (TPSA) is 58.4 Å². The Hall–Kier alpha value is -1.39. The first-order chi connectivity index (χ1) is 10.2. The Bertz CT molecular complexity index is 429. The third-order valence-electron chi connectivity index (χ3n) is 4.28. The fourth-order valence-corrected chi connectivity index (χ4v) is 2.94. The molecule has 3 N–H and O–H groups in total. The minimum atomic E-state index is -0.00926. The quantitative estimate of drug-likeness (QED) is 0.806. The number of carbonyl (C=O) groups is 1. The van der Waals surface area contributed by atoms with Gasteiger partial charge in [-0.25, -0.2) is 0 Å². The average molecular weight is 289 g/mol. The van der Waals surface area contributed by atoms with Gasteiger partial charge < -0.3 is 11.1 Å². The van der Waals surface area contributed by atoms with E-state index in [0.717, 1.165) is 19.5 Å². The number of rotatable bonds is 7. The molecule has 0 spiro atoms. The van der Waals surface area contributed by atoms with Crippen molar-refractivity contribution in [3.63, 3.8) is 0 Å². The molecule has 1 aromatic carbocycles. The summed E-state index contributed by atoms with van der Waals surface area (Å²) in [6.45, 7) is 5.41. The van der Waals surface area contributed by atoms with Gasteiger partial charge in [-0.05, 0) is 44.5 Å². The lowest BCUT2D eigenvalue weighted by molar-refractivity contribution is -0.124. The first-order valence-corrected chi connectivity index (χ1v) is 7.99. The monoisotopic (exact) mass is 289 g/mol. The summed E-state index contributed by atoms with van der Waals surface area (Å²) in [4.78, 5) is 14.6. The van der Waals surface area contributed by atoms with Crippen molar-refractivity contribution in [2.75, 3.05) is 26.2 Å². The minimum absolute atomic E-state index is 0.00926. The molecule has 4 heteroatoms. The van der Waals surface area contributed by atoms with Crippen LogP contribution in [0.1, 0.15) is 37.8 Å². The van der Waals surface area contributed by atoms with Crippen LogP contribution in [0.25, 0.3) is 0 Å². The van der Waals surface area contributed by atoms with Crippen molar-refractivity contribution in [2.45, 2.75) is 32.2 Å². The average Bonchev–Trinajstić information content (AvgIpc) is 3.03. The maximum atomic E-state index is 12.1. The number of carbonyl (C=O) groups excluding carboxylic acids is 1. The van der Waals surface area contributed by atoms with Crippen LogP contribution in [0.5, 0.6) is 0 Å². The van der Waals surface area contributed by atoms with Gasteiger partial charge in [0.25, 0.3) is 0 Å². The van der Waals surface area contributed by atoms with E-state index >= 15 is 0 Å². The predicted octanol–water partition coefficient (Wildman–Crippen LogP) is 1.92. The summed E-state index contributed by atoms with van der Waals surface area (Å²) in [7, 11) is 0. The third-order valence-corrected chi connectivity index (χ3v) is 4.28. The molecule has 4 nitrogen and oxygen atoms in total. The Morgan fingerprint density at radius 1 is 1.29 bits per heavy atom. The van der Waals surface area contributed by atoms with Crippen molar-refractivity contribution in [1.29, 1.82) is 0 Å². The minimum Gasteiger partial charge on any atom is -0.354 e. The van der Waals surface area contributed by atoms with Crippen LogP contribution in [0, 0.1) is 5.92 Å². The summed E-state index contributed by atoms with van der Waals surface area (Å²) in [5, 5.41) is 3.11. The number of hydrogen-bond donors (Lipinski definition) is 2. The third kappa shape index (κ3) is 4.55. The van der Waals surface area contributed by atoms with E-state index in [-0.39, 0.29) is 17.9 Å². The predicted molar refractivity (Wildman–Crippen MR) is 85.8 cm³/mol. The van der Waals surface area contributed by atoms with E-state index in [1.165, 1.54) is 18.4 Å². The van der Waals surface area contributed by atoms with Crippen molar-refractivity contribution >= 4 is 5.91 Å². The molecule has 0 bridgehead atoms. The van der Waals surface area contributed by atoms with Crippen LogP contribution < -0.4 is 11.1 Å². The van der Waals surface area contributed by atoms with Crippen LogP contribution in [0.15, 0.2) is 30.3 Å². The molecule has 1 fully saturated rings. The SMILES string of the molecule is CC(CCN)C(=O)NCC(c1ccccc1)N1CCCC1. The van der Waals surface area contributed by atoms with Crippen LogP contribution in [0.3, 0.4) is 0 Å². The molecule has 0 aromatic heterocycles. The van der Waals surface area contributed by atoms with Crippen molar-refractivity contribution in [2.24, 2.45) is 11.7 Å². The molecule has 1 heterocycles. The van der Waals surface area contributed by atoms with Gasteiger partial charge in [0, 0.05) is 12.5 Å². The van der Waals surface area contributed by atoms with Crippen LogP contribution >= 0.6 is 0 Å². The molecule has 0 aliphatic carbocycles. The maximum absolute atomic E-state index is 12.1. The molecule has 1 aromatic rings. The second-order valence-corrected chi connectivity index (χ2v) is 5.89. The lowest BCUT2D eigenvalue weighted by Crippen LogP contribution is -2.39. The number of nitrogens with zero attached hydrogens (tertiary/aromatic N) is 1. The lowest BCUT2D eigenvalue weighted by atomic mass is 10.0. The zero-order chi connectivity index (χ0) is 15.1. The van der Waals surface area contributed by atoms with E-state index in [0.29, 0.717) is 13.1 Å². The van der Waals surface area contributed by atoms with Crippen LogP contribution in [-0.2, 0) is 4.79 Å². The molecular formula is C17H27N3O. The Balaban J connectivity index is 1.98. The number of nitrogens with two attached hydrogens (primary N) is 1. The Labute approximate surface area is 127 Å². The highest BCUT2D eigenvalue weighted by Gasteiger charge is 2.24. The van der Waals surface area contributed by atoms with Gasteiger partial charge in [0.1, 0.15) is 0 Å². The van der Waals surface area contributed by atoms with Crippen molar-refractivity contribution in [3.05, 3.63) is 35.9 Å². The summed E-state index contributed by atoms with van der Waals surface area (Å²) in [5.41, 5.74) is 6.81. The molecule has 2 rings (SSSR count). The second-order valence-electron chi connectivity index (χ2n) is 5.89. The highest BCUT2D eigenvalue weighted by molar-refractivity contribution is 5.78. The normalized spacial score (nSPS) is 18.4. The van der Waals surface area contributed by atoms with E-state index in [4.69, 9.17) is 5.73 Å². The standard InChI is InChI=1S/C17H27N3O/c1-14(9-10-18)17(21)19-13-16(20-11-5-6-12-20)15-7-3-2-4-8-15/h2-4,7-8,14,16H,5-6,9-13,18H2,1H3,(H,19,21). The molecule has 116 valence electrons. The summed E-state index contributed by atoms with van der Waals surface area (Å²) in [6, 6.07) is 10.8. The second kappa shape index (κ2) is 8.15. The zero-order valence-electron chi connectivity index (χ0n) is 12.9. The molecule has 1 aliphatic heterocycles. The van der Waals surface area contributed by atoms with E-state index in [2.05, 4.69) is 34.5 Å². The van der Waals surface area contributed by atoms with Crippen LogP contribution in [0.2, 0.25) is 0 Å². The highest BCUT2D eigenvalue weighted by atomic mass is 16.1. The van der Waals surface area contributed by atoms with E-state index in [1.807, 2.05) is 13.0 Å². The van der Waals surface area contributed by atoms with Crippen LogP contribution in [-0.4, -0.2) is 37.0 Å². The van der Waals surface area contributed by atoms with Crippen molar-refractivity contribution < 1.29 is 4.79 Å². The first kappa shape index (κ1) is 16.0. The van der Waals surface area contributed by atoms with Gasteiger partial charge >= 0.3 is 0 Å². The van der Waals surface area contributed by atoms with Gasteiger partial charge in [-0.2, -0.15) is 0 Å². The Morgan fingerprint density at radius 2 is 1.95 bits per heavy atom. The Kier molecular flexibility index (Phi) is 6.21. The van der Waals surface area contributed by atoms with Gasteiger partial charge in [0.05, 0.1) is 6.04 Å². The van der Waals surface area contributed by atoms with Gasteiger partial charge in [-0.3, -0.25) is 9.69 Å². The van der Waals surface area contributed by atoms with Gasteiger partial charge in [0.2, 0.25) is 5.91 Å². The van der Waals surface area contributed by atoms with Gasteiger partial charge in [0.15, 0.2) is 0 Å². The van der Waals surface area contributed by atoms with Crippen LogP contribution in [0.4, 0.5) is 0 Å². The van der Waals surface area contributed by atoms with Gasteiger partial charge in [-0.15, -0.1) is 0 Å². The van der Waals surface area contributed by atoms with E-state index in [9.17, 15) is 4.79 Å². The van der Waals surface area contributed by atoms with Gasteiger partial charge in [-0.1, -0.05) is 37.3 Å². The first-order valence-electron chi connectivity index (χ1n) is 7.99. The van der Waals surface area contributed by atoms with E-state index in [1.54, 1.807) is 0 Å². The molecule has 1 amide bonds. The molecule has 2 atom stereocenters. The summed E-state index contributed by atoms with van der Waals surface area (Å²) >= 11 is 0.